The molecule has 2 heterocycles. The summed E-state index contributed by atoms with van der Waals surface area (Å²) in [5.74, 6) is 0. The van der Waals surface area contributed by atoms with E-state index in [1.54, 1.807) is 11.3 Å². The first-order valence-corrected chi connectivity index (χ1v) is 7.83. The van der Waals surface area contributed by atoms with Crippen LogP contribution in [0.15, 0.2) is 11.6 Å². The third kappa shape index (κ3) is 2.81. The van der Waals surface area contributed by atoms with Crippen molar-refractivity contribution in [1.82, 2.24) is 14.8 Å². The maximum absolute atomic E-state index is 4.70. The summed E-state index contributed by atoms with van der Waals surface area (Å²) in [6.45, 7) is 2.03. The fourth-order valence-electron chi connectivity index (χ4n) is 2.74. The molecule has 0 saturated heterocycles. The van der Waals surface area contributed by atoms with E-state index < -0.39 is 0 Å². The molecule has 0 bridgehead atoms. The zero-order chi connectivity index (χ0) is 13.2. The predicted molar refractivity (Wildman–Crippen MR) is 79.5 cm³/mol. The Labute approximate surface area is 117 Å². The Balaban J connectivity index is 1.74. The van der Waals surface area contributed by atoms with Crippen molar-refractivity contribution in [3.63, 3.8) is 0 Å². The van der Waals surface area contributed by atoms with Gasteiger partial charge in [0.2, 0.25) is 0 Å². The molecule has 0 amide bonds. The number of nitrogens with zero attached hydrogens (tertiary/aromatic N) is 3. The van der Waals surface area contributed by atoms with Crippen LogP contribution in [0.1, 0.15) is 37.8 Å². The maximum Gasteiger partial charge on any atom is 0.183 e. The lowest BCUT2D eigenvalue weighted by molar-refractivity contribution is 0.462. The lowest BCUT2D eigenvalue weighted by Gasteiger charge is -2.22. The second-order valence-corrected chi connectivity index (χ2v) is 6.18. The standard InChI is InChI=1S/C14H20N4S/c1-10-12(8-18(2)17-10)13-9-19-14(16-13)15-11-6-4-3-5-7-11/h8-9,11H,3-7H2,1-2H3,(H,15,16). The van der Waals surface area contributed by atoms with Crippen LogP contribution in [0.2, 0.25) is 0 Å². The Bertz CT molecular complexity index is 552. The van der Waals surface area contributed by atoms with E-state index in [4.69, 9.17) is 4.98 Å². The molecule has 1 aliphatic rings. The van der Waals surface area contributed by atoms with Gasteiger partial charge in [-0.2, -0.15) is 5.10 Å². The third-order valence-electron chi connectivity index (χ3n) is 3.73. The molecule has 1 N–H and O–H groups in total. The molecular weight excluding hydrogens is 256 g/mol. The second-order valence-electron chi connectivity index (χ2n) is 5.32. The highest BCUT2D eigenvalue weighted by molar-refractivity contribution is 7.14. The van der Waals surface area contributed by atoms with Gasteiger partial charge in [-0.1, -0.05) is 19.3 Å². The zero-order valence-electron chi connectivity index (χ0n) is 11.5. The first-order chi connectivity index (χ1) is 9.22. The van der Waals surface area contributed by atoms with Crippen LogP contribution in [0.25, 0.3) is 11.3 Å². The van der Waals surface area contributed by atoms with Gasteiger partial charge in [0.05, 0.1) is 11.4 Å². The van der Waals surface area contributed by atoms with Crippen molar-refractivity contribution in [3.8, 4) is 11.3 Å². The highest BCUT2D eigenvalue weighted by atomic mass is 32.1. The summed E-state index contributed by atoms with van der Waals surface area (Å²) in [5.41, 5.74) is 3.21. The molecular formula is C14H20N4S. The smallest absolute Gasteiger partial charge is 0.183 e. The highest BCUT2D eigenvalue weighted by Crippen LogP contribution is 2.29. The minimum atomic E-state index is 0.614. The van der Waals surface area contributed by atoms with Gasteiger partial charge in [0.15, 0.2) is 5.13 Å². The van der Waals surface area contributed by atoms with Gasteiger partial charge in [-0.3, -0.25) is 4.68 Å². The molecule has 4 nitrogen and oxygen atoms in total. The van der Waals surface area contributed by atoms with Crippen molar-refractivity contribution in [2.75, 3.05) is 5.32 Å². The Hall–Kier alpha value is -1.36. The molecule has 5 heteroatoms. The molecule has 2 aromatic rings. The van der Waals surface area contributed by atoms with Crippen molar-refractivity contribution in [3.05, 3.63) is 17.3 Å². The van der Waals surface area contributed by atoms with Gasteiger partial charge in [-0.05, 0) is 19.8 Å². The van der Waals surface area contributed by atoms with E-state index in [1.165, 1.54) is 32.1 Å². The lowest BCUT2D eigenvalue weighted by Crippen LogP contribution is -2.21. The van der Waals surface area contributed by atoms with Gasteiger partial charge in [0.1, 0.15) is 0 Å². The van der Waals surface area contributed by atoms with Gasteiger partial charge in [-0.25, -0.2) is 4.98 Å². The van der Waals surface area contributed by atoms with Crippen molar-refractivity contribution < 1.29 is 0 Å². The van der Waals surface area contributed by atoms with Gasteiger partial charge in [0.25, 0.3) is 0 Å². The summed E-state index contributed by atoms with van der Waals surface area (Å²) >= 11 is 1.70. The molecule has 1 fully saturated rings. The number of thiazole rings is 1. The van der Waals surface area contributed by atoms with Crippen LogP contribution in [0.3, 0.4) is 0 Å². The minimum Gasteiger partial charge on any atom is -0.359 e. The molecule has 0 aliphatic heterocycles. The van der Waals surface area contributed by atoms with Crippen LogP contribution in [0.4, 0.5) is 5.13 Å². The first-order valence-electron chi connectivity index (χ1n) is 6.95. The summed E-state index contributed by atoms with van der Waals surface area (Å²) in [6.07, 6.45) is 8.67. The van der Waals surface area contributed by atoms with E-state index in [-0.39, 0.29) is 0 Å². The molecule has 0 radical (unpaired) electrons. The van der Waals surface area contributed by atoms with Crippen LogP contribution in [-0.2, 0) is 7.05 Å². The van der Waals surface area contributed by atoms with Gasteiger partial charge >= 0.3 is 0 Å². The zero-order valence-corrected chi connectivity index (χ0v) is 12.3. The molecule has 19 heavy (non-hydrogen) atoms. The van der Waals surface area contributed by atoms with Gasteiger partial charge < -0.3 is 5.32 Å². The van der Waals surface area contributed by atoms with Crippen molar-refractivity contribution in [2.24, 2.45) is 7.05 Å². The number of aryl methyl sites for hydroxylation is 2. The molecule has 1 saturated carbocycles. The number of hydrogen-bond donors (Lipinski definition) is 1. The highest BCUT2D eigenvalue weighted by Gasteiger charge is 2.15. The molecule has 102 valence electrons. The monoisotopic (exact) mass is 276 g/mol. The van der Waals surface area contributed by atoms with Crippen LogP contribution >= 0.6 is 11.3 Å². The van der Waals surface area contributed by atoms with Gasteiger partial charge in [0, 0.05) is 30.2 Å². The van der Waals surface area contributed by atoms with Crippen molar-refractivity contribution in [1.29, 1.82) is 0 Å². The summed E-state index contributed by atoms with van der Waals surface area (Å²) < 4.78 is 1.85. The Morgan fingerprint density at radius 1 is 1.32 bits per heavy atom. The van der Waals surface area contributed by atoms with Crippen LogP contribution in [0.5, 0.6) is 0 Å². The summed E-state index contributed by atoms with van der Waals surface area (Å²) in [5, 5.41) is 11.1. The number of aromatic nitrogens is 3. The summed E-state index contributed by atoms with van der Waals surface area (Å²) in [4.78, 5) is 4.70. The summed E-state index contributed by atoms with van der Waals surface area (Å²) in [7, 11) is 1.95. The SMILES string of the molecule is Cc1nn(C)cc1-c1csc(NC2CCCCC2)n1. The Morgan fingerprint density at radius 2 is 2.11 bits per heavy atom. The van der Waals surface area contributed by atoms with E-state index in [0.717, 1.165) is 22.1 Å². The number of anilines is 1. The minimum absolute atomic E-state index is 0.614. The topological polar surface area (TPSA) is 42.7 Å². The van der Waals surface area contributed by atoms with Crippen LogP contribution in [0, 0.1) is 6.92 Å². The fourth-order valence-corrected chi connectivity index (χ4v) is 3.53. The predicted octanol–water partition coefficient (Wildman–Crippen LogP) is 3.60. The third-order valence-corrected chi connectivity index (χ3v) is 4.50. The van der Waals surface area contributed by atoms with E-state index >= 15 is 0 Å². The average Bonchev–Trinajstić information content (AvgIpc) is 2.97. The van der Waals surface area contributed by atoms with Crippen molar-refractivity contribution >= 4 is 16.5 Å². The number of nitrogens with one attached hydrogen (secondary N) is 1. The Morgan fingerprint density at radius 3 is 2.79 bits per heavy atom. The molecule has 2 aromatic heterocycles. The van der Waals surface area contributed by atoms with Crippen molar-refractivity contribution in [2.45, 2.75) is 45.1 Å². The van der Waals surface area contributed by atoms with E-state index in [2.05, 4.69) is 15.8 Å². The largest absolute Gasteiger partial charge is 0.359 e. The summed E-state index contributed by atoms with van der Waals surface area (Å²) in [6, 6.07) is 0.614. The molecule has 3 rings (SSSR count). The van der Waals surface area contributed by atoms with Crippen LogP contribution < -0.4 is 5.32 Å². The normalized spacial score (nSPS) is 16.7. The molecule has 0 spiro atoms. The van der Waals surface area contributed by atoms with Gasteiger partial charge in [-0.15, -0.1) is 11.3 Å². The fraction of sp³-hybridized carbons (Fsp3) is 0.571. The molecule has 0 unspecified atom stereocenters. The van der Waals surface area contributed by atoms with E-state index in [1.807, 2.05) is 24.9 Å². The quantitative estimate of drug-likeness (QED) is 0.931. The van der Waals surface area contributed by atoms with E-state index in [0.29, 0.717) is 6.04 Å². The number of rotatable bonds is 3. The molecule has 0 aromatic carbocycles. The lowest BCUT2D eigenvalue weighted by atomic mass is 9.96. The first kappa shape index (κ1) is 12.7. The van der Waals surface area contributed by atoms with E-state index in [9.17, 15) is 0 Å². The molecule has 1 aliphatic carbocycles. The average molecular weight is 276 g/mol. The number of hydrogen-bond acceptors (Lipinski definition) is 4. The maximum atomic E-state index is 4.70. The molecule has 0 atom stereocenters. The Kier molecular flexibility index (Phi) is 3.55. The second kappa shape index (κ2) is 5.33. The van der Waals surface area contributed by atoms with Crippen LogP contribution in [-0.4, -0.2) is 20.8 Å².